The first-order valence-electron chi connectivity index (χ1n) is 11.1. The van der Waals surface area contributed by atoms with Crippen molar-refractivity contribution in [3.63, 3.8) is 0 Å². The van der Waals surface area contributed by atoms with Crippen molar-refractivity contribution in [1.82, 2.24) is 4.90 Å². The number of rotatable bonds is 5. The number of esters is 1. The molecule has 0 heterocycles. The summed E-state index contributed by atoms with van der Waals surface area (Å²) in [4.78, 5) is 14.3. The van der Waals surface area contributed by atoms with Gasteiger partial charge < -0.3 is 9.64 Å². The minimum atomic E-state index is 0.0102. The molecular formula is C23H37NO2. The minimum absolute atomic E-state index is 0.0102. The molecule has 4 aliphatic carbocycles. The van der Waals surface area contributed by atoms with Crippen LogP contribution in [0.5, 0.6) is 0 Å². The summed E-state index contributed by atoms with van der Waals surface area (Å²) in [5.41, 5.74) is 1.64. The predicted octanol–water partition coefficient (Wildman–Crippen LogP) is 4.81. The largest absolute Gasteiger partial charge is 0.462 e. The van der Waals surface area contributed by atoms with Crippen LogP contribution in [0.3, 0.4) is 0 Å². The van der Waals surface area contributed by atoms with Crippen molar-refractivity contribution in [3.05, 3.63) is 11.6 Å². The lowest BCUT2D eigenvalue weighted by atomic mass is 9.57. The van der Waals surface area contributed by atoms with Gasteiger partial charge in [0.05, 0.1) is 0 Å². The summed E-state index contributed by atoms with van der Waals surface area (Å²) < 4.78 is 5.83. The topological polar surface area (TPSA) is 29.5 Å². The number of carbonyl (C=O) groups excluding carboxylic acids is 1. The molecule has 4 aliphatic rings. The molecule has 3 saturated carbocycles. The van der Waals surface area contributed by atoms with Gasteiger partial charge in [-0.15, -0.1) is 0 Å². The number of hydrogen-bond donors (Lipinski definition) is 0. The van der Waals surface area contributed by atoms with Crippen LogP contribution in [0.4, 0.5) is 0 Å². The highest BCUT2D eigenvalue weighted by atomic mass is 16.5. The smallest absolute Gasteiger partial charge is 0.306 e. The molecule has 3 nitrogen and oxygen atoms in total. The van der Waals surface area contributed by atoms with Crippen molar-refractivity contribution >= 4 is 5.97 Å². The van der Waals surface area contributed by atoms with Gasteiger partial charge in [-0.3, -0.25) is 4.79 Å². The molecule has 4 rings (SSSR count). The number of ether oxygens (including phenoxy) is 1. The first-order chi connectivity index (χ1) is 12.6. The van der Waals surface area contributed by atoms with Gasteiger partial charge in [-0.25, -0.2) is 0 Å². The molecule has 146 valence electrons. The van der Waals surface area contributed by atoms with E-state index >= 15 is 0 Å². The van der Waals surface area contributed by atoms with Crippen LogP contribution in [0.1, 0.15) is 70.6 Å². The Kier molecular flexibility index (Phi) is 5.73. The molecule has 0 aromatic rings. The lowest BCUT2D eigenvalue weighted by Gasteiger charge is -2.49. The van der Waals surface area contributed by atoms with E-state index in [-0.39, 0.29) is 12.1 Å². The fourth-order valence-corrected chi connectivity index (χ4v) is 6.74. The van der Waals surface area contributed by atoms with E-state index in [2.05, 4.69) is 25.1 Å². The van der Waals surface area contributed by atoms with Gasteiger partial charge in [0.15, 0.2) is 0 Å². The van der Waals surface area contributed by atoms with Crippen molar-refractivity contribution < 1.29 is 9.53 Å². The molecule has 0 aromatic heterocycles. The summed E-state index contributed by atoms with van der Waals surface area (Å²) >= 11 is 0. The second-order valence-corrected chi connectivity index (χ2v) is 9.68. The molecule has 26 heavy (non-hydrogen) atoms. The zero-order valence-electron chi connectivity index (χ0n) is 16.8. The lowest BCUT2D eigenvalue weighted by molar-refractivity contribution is -0.150. The van der Waals surface area contributed by atoms with Gasteiger partial charge in [-0.2, -0.15) is 0 Å². The normalized spacial score (nSPS) is 39.0. The second-order valence-electron chi connectivity index (χ2n) is 9.68. The van der Waals surface area contributed by atoms with Gasteiger partial charge >= 0.3 is 5.97 Å². The Morgan fingerprint density at radius 2 is 1.96 bits per heavy atom. The Hall–Kier alpha value is -0.830. The van der Waals surface area contributed by atoms with E-state index in [1.165, 1.54) is 44.9 Å². The number of carbonyl (C=O) groups is 1. The third kappa shape index (κ3) is 3.88. The molecule has 0 bridgehead atoms. The maximum absolute atomic E-state index is 12.1. The molecule has 0 spiro atoms. The summed E-state index contributed by atoms with van der Waals surface area (Å²) in [5.74, 6) is 4.79. The SMILES string of the molecule is CN(C)CCCC(=O)OC1CCC2C(=CCC3C4CCCC4CCC23)C1. The van der Waals surface area contributed by atoms with Gasteiger partial charge in [0, 0.05) is 12.8 Å². The second kappa shape index (κ2) is 8.04. The average molecular weight is 360 g/mol. The van der Waals surface area contributed by atoms with Gasteiger partial charge in [0.1, 0.15) is 6.10 Å². The summed E-state index contributed by atoms with van der Waals surface area (Å²) in [7, 11) is 4.10. The minimum Gasteiger partial charge on any atom is -0.462 e. The third-order valence-electron chi connectivity index (χ3n) is 7.88. The summed E-state index contributed by atoms with van der Waals surface area (Å²) in [6.45, 7) is 0.957. The molecule has 3 heteroatoms. The van der Waals surface area contributed by atoms with E-state index in [1.54, 1.807) is 5.57 Å². The van der Waals surface area contributed by atoms with Crippen LogP contribution in [0.2, 0.25) is 0 Å². The molecule has 0 radical (unpaired) electrons. The molecule has 0 aromatic carbocycles. The number of allylic oxidation sites excluding steroid dienone is 1. The predicted molar refractivity (Wildman–Crippen MR) is 105 cm³/mol. The van der Waals surface area contributed by atoms with E-state index < -0.39 is 0 Å². The van der Waals surface area contributed by atoms with Crippen LogP contribution < -0.4 is 0 Å². The van der Waals surface area contributed by atoms with Crippen LogP contribution in [0.25, 0.3) is 0 Å². The Morgan fingerprint density at radius 3 is 2.81 bits per heavy atom. The quantitative estimate of drug-likeness (QED) is 0.521. The monoisotopic (exact) mass is 359 g/mol. The highest BCUT2D eigenvalue weighted by Crippen LogP contribution is 2.56. The van der Waals surface area contributed by atoms with Crippen molar-refractivity contribution in [2.45, 2.75) is 76.7 Å². The van der Waals surface area contributed by atoms with Crippen LogP contribution in [-0.4, -0.2) is 37.6 Å². The maximum Gasteiger partial charge on any atom is 0.306 e. The molecule has 6 atom stereocenters. The summed E-state index contributed by atoms with van der Waals surface area (Å²) in [5, 5.41) is 0. The molecule has 3 fully saturated rings. The van der Waals surface area contributed by atoms with Crippen molar-refractivity contribution in [3.8, 4) is 0 Å². The van der Waals surface area contributed by atoms with Gasteiger partial charge in [0.25, 0.3) is 0 Å². The van der Waals surface area contributed by atoms with E-state index in [0.717, 1.165) is 55.4 Å². The van der Waals surface area contributed by atoms with Crippen molar-refractivity contribution in [2.24, 2.45) is 29.6 Å². The van der Waals surface area contributed by atoms with Gasteiger partial charge in [0.2, 0.25) is 0 Å². The fraction of sp³-hybridized carbons (Fsp3) is 0.870. The van der Waals surface area contributed by atoms with Crippen LogP contribution >= 0.6 is 0 Å². The van der Waals surface area contributed by atoms with E-state index in [4.69, 9.17) is 4.74 Å². The third-order valence-corrected chi connectivity index (χ3v) is 7.88. The van der Waals surface area contributed by atoms with E-state index in [9.17, 15) is 4.79 Å². The Morgan fingerprint density at radius 1 is 1.08 bits per heavy atom. The van der Waals surface area contributed by atoms with Crippen LogP contribution in [0.15, 0.2) is 11.6 Å². The van der Waals surface area contributed by atoms with E-state index in [0.29, 0.717) is 6.42 Å². The molecule has 0 aliphatic heterocycles. The Balaban J connectivity index is 1.31. The summed E-state index contributed by atoms with van der Waals surface area (Å²) in [6.07, 6.45) is 16.2. The first-order valence-corrected chi connectivity index (χ1v) is 11.1. The number of fused-ring (bicyclic) bond motifs is 5. The molecule has 0 amide bonds. The van der Waals surface area contributed by atoms with Crippen LogP contribution in [0, 0.1) is 29.6 Å². The molecule has 0 saturated heterocycles. The molecule has 0 N–H and O–H groups in total. The van der Waals surface area contributed by atoms with Gasteiger partial charge in [-0.05, 0) is 95.2 Å². The zero-order chi connectivity index (χ0) is 18.1. The van der Waals surface area contributed by atoms with Crippen LogP contribution in [-0.2, 0) is 9.53 Å². The van der Waals surface area contributed by atoms with E-state index in [1.807, 2.05) is 0 Å². The summed E-state index contributed by atoms with van der Waals surface area (Å²) in [6, 6.07) is 0. The fourth-order valence-electron chi connectivity index (χ4n) is 6.74. The standard InChI is InChI=1S/C23H37NO2/c1-24(2)14-4-7-23(25)26-18-10-13-20-17(15-18)9-12-21-19-6-3-5-16(19)8-11-22(20)21/h9,16,18-22H,3-8,10-15H2,1-2H3. The number of hydrogen-bond acceptors (Lipinski definition) is 3. The zero-order valence-corrected chi connectivity index (χ0v) is 16.8. The number of nitrogens with zero attached hydrogens (tertiary/aromatic N) is 1. The van der Waals surface area contributed by atoms with Gasteiger partial charge in [-0.1, -0.05) is 24.5 Å². The Labute approximate surface area is 159 Å². The highest BCUT2D eigenvalue weighted by Gasteiger charge is 2.47. The molecular weight excluding hydrogens is 322 g/mol. The highest BCUT2D eigenvalue weighted by molar-refractivity contribution is 5.69. The maximum atomic E-state index is 12.1. The molecule has 6 unspecified atom stereocenters. The average Bonchev–Trinajstić information content (AvgIpc) is 3.09. The lowest BCUT2D eigenvalue weighted by Crippen LogP contribution is -2.41. The Bertz CT molecular complexity index is 540. The van der Waals surface area contributed by atoms with Crippen molar-refractivity contribution in [2.75, 3.05) is 20.6 Å². The first kappa shape index (κ1) is 18.5. The van der Waals surface area contributed by atoms with Crippen molar-refractivity contribution in [1.29, 1.82) is 0 Å².